The molecular formula is C54H40Cl2N14O26S8. The van der Waals surface area contributed by atoms with Crippen molar-refractivity contribution in [1.82, 2.24) is 29.9 Å². The van der Waals surface area contributed by atoms with Gasteiger partial charge in [0.05, 0.1) is 21.2 Å². The maximum atomic E-state index is 13.0. The highest BCUT2D eigenvalue weighted by molar-refractivity contribution is 7.87. The number of aromatic nitrogens is 6. The number of nitrogens with zero attached hydrogens (tertiary/aromatic N) is 10. The number of hydrogen-bond donors (Lipinski definition) is 14. The molecule has 0 saturated heterocycles. The summed E-state index contributed by atoms with van der Waals surface area (Å²) in [5.74, 6) is -4.88. The third kappa shape index (κ3) is 17.4. The average Bonchev–Trinajstić information content (AvgIpc) is 0.751. The average molecular weight is 1630 g/mol. The molecule has 0 aliphatic rings. The van der Waals surface area contributed by atoms with E-state index in [2.05, 4.69) is 71.6 Å². The lowest BCUT2D eigenvalue weighted by atomic mass is 10.1. The molecule has 0 spiro atoms. The van der Waals surface area contributed by atoms with Crippen LogP contribution >= 0.6 is 23.2 Å². The number of phenolic OH excluding ortho intramolecular Hbond substituents is 2. The minimum Gasteiger partial charge on any atom is -0.505 e. The Hall–Kier alpha value is -10.1. The SMILES string of the molecule is Cc1ccc(N=Nc2c(S(=O)(=O)O)cc3cc(S(=O)(=O)O)cc(Nc4nc(Cl)nc(Nc5ccc(/C=C/c6ccc(Nc7nc(Cl)nc(Nc8cc(S(=O)(=O)O)cc9cc(S(=O)(=O)O)c(N=Nc%10ccc(C)cc%10S(=O)(=O)O)c(O)c89)n7)cc6S(=O)(=O)O)c(S(=O)(=O)O)c5)n4)c3c2O)c(S(=O)(=O)O)c1. The Morgan fingerprint density at radius 3 is 0.971 bits per heavy atom. The summed E-state index contributed by atoms with van der Waals surface area (Å²) in [4.78, 5) is 15.9. The van der Waals surface area contributed by atoms with Gasteiger partial charge in [0, 0.05) is 22.1 Å². The van der Waals surface area contributed by atoms with Crippen molar-refractivity contribution in [3.8, 4) is 11.5 Å². The molecule has 0 radical (unpaired) electrons. The third-order valence-corrected chi connectivity index (χ3v) is 21.3. The third-order valence-electron chi connectivity index (χ3n) is 13.9. The number of fused-ring (bicyclic) bond motifs is 2. The molecule has 8 aromatic carbocycles. The zero-order chi connectivity index (χ0) is 76.5. The number of aromatic hydroxyl groups is 2. The van der Waals surface area contributed by atoms with E-state index < -0.39 is 222 Å². The summed E-state index contributed by atoms with van der Waals surface area (Å²) in [6.45, 7) is 2.89. The van der Waals surface area contributed by atoms with Crippen LogP contribution in [0.5, 0.6) is 11.5 Å². The van der Waals surface area contributed by atoms with Crippen LogP contribution in [0.3, 0.4) is 0 Å². The van der Waals surface area contributed by atoms with Crippen molar-refractivity contribution in [2.45, 2.75) is 53.0 Å². The van der Waals surface area contributed by atoms with Crippen molar-refractivity contribution in [3.05, 3.63) is 142 Å². The van der Waals surface area contributed by atoms with E-state index in [1.54, 1.807) is 0 Å². The normalized spacial score (nSPS) is 13.0. The zero-order valence-corrected chi connectivity index (χ0v) is 59.1. The molecule has 0 atom stereocenters. The van der Waals surface area contributed by atoms with Gasteiger partial charge in [-0.2, -0.15) is 97.2 Å². The van der Waals surface area contributed by atoms with Crippen molar-refractivity contribution in [2.24, 2.45) is 20.5 Å². The molecule has 0 fully saturated rings. The second-order valence-corrected chi connectivity index (χ2v) is 33.1. The Balaban J connectivity index is 0.949. The minimum atomic E-state index is -5.45. The molecule has 104 heavy (non-hydrogen) atoms. The molecule has 0 bridgehead atoms. The van der Waals surface area contributed by atoms with Gasteiger partial charge in [-0.15, -0.1) is 20.5 Å². The quantitative estimate of drug-likeness (QED) is 0.0170. The first kappa shape index (κ1) is 76.5. The Labute approximate surface area is 595 Å². The van der Waals surface area contributed by atoms with Crippen LogP contribution in [-0.2, 0) is 80.9 Å². The van der Waals surface area contributed by atoms with Crippen LogP contribution in [0, 0.1) is 13.8 Å². The number of aryl methyl sites for hydroxylation is 2. The Bertz CT molecular complexity index is 6080. The van der Waals surface area contributed by atoms with Crippen LogP contribution in [0.1, 0.15) is 22.3 Å². The van der Waals surface area contributed by atoms with Crippen LogP contribution in [0.2, 0.25) is 10.6 Å². The molecule has 2 aromatic heterocycles. The number of benzene rings is 8. The fraction of sp³-hybridized carbons (Fsp3) is 0.0370. The number of azo groups is 2. The second-order valence-electron chi connectivity index (χ2n) is 21.3. The van der Waals surface area contributed by atoms with E-state index in [1.165, 1.54) is 26.0 Å². The van der Waals surface area contributed by atoms with Gasteiger partial charge in [-0.25, -0.2) is 0 Å². The summed E-state index contributed by atoms with van der Waals surface area (Å²) < 4.78 is 283. The number of rotatable bonds is 22. The van der Waals surface area contributed by atoms with Crippen molar-refractivity contribution < 1.29 is 114 Å². The maximum absolute atomic E-state index is 13.0. The topological polar surface area (TPSA) is 650 Å². The highest BCUT2D eigenvalue weighted by Crippen LogP contribution is 2.48. The van der Waals surface area contributed by atoms with Crippen LogP contribution in [0.4, 0.5) is 69.3 Å². The molecular weight excluding hydrogens is 1590 g/mol. The predicted octanol–water partition coefficient (Wildman–Crippen LogP) is 9.65. The molecule has 544 valence electrons. The van der Waals surface area contributed by atoms with Crippen molar-refractivity contribution in [3.63, 3.8) is 0 Å². The van der Waals surface area contributed by atoms with Crippen LogP contribution in [0.15, 0.2) is 169 Å². The van der Waals surface area contributed by atoms with Gasteiger partial charge >= 0.3 is 0 Å². The Morgan fingerprint density at radius 1 is 0.346 bits per heavy atom. The van der Waals surface area contributed by atoms with E-state index in [1.807, 2.05) is 0 Å². The summed E-state index contributed by atoms with van der Waals surface area (Å²) in [5.41, 5.74) is -5.24. The number of halogens is 2. The fourth-order valence-electron chi connectivity index (χ4n) is 9.58. The molecule has 14 N–H and O–H groups in total. The van der Waals surface area contributed by atoms with Crippen molar-refractivity contribution in [2.75, 3.05) is 21.3 Å². The molecule has 50 heteroatoms. The number of anilines is 8. The van der Waals surface area contributed by atoms with Crippen LogP contribution in [0.25, 0.3) is 33.7 Å². The van der Waals surface area contributed by atoms with Gasteiger partial charge < -0.3 is 31.5 Å². The van der Waals surface area contributed by atoms with Crippen molar-refractivity contribution in [1.29, 1.82) is 0 Å². The Morgan fingerprint density at radius 2 is 0.663 bits per heavy atom. The lowest BCUT2D eigenvalue weighted by molar-refractivity contribution is 0.471. The van der Waals surface area contributed by atoms with Gasteiger partial charge in [-0.3, -0.25) is 36.4 Å². The minimum absolute atomic E-state index is 0.261. The van der Waals surface area contributed by atoms with E-state index in [4.69, 9.17) is 23.2 Å². The lowest BCUT2D eigenvalue weighted by Gasteiger charge is -2.15. The standard InChI is InChI=1S/C54H40Cl2N14O26S8/c1-23-3-11-33(39(13-23)101(85,86)87)67-69-45-41(103(91,92)93)17-27-15-31(97(73,74)75)21-35(43(27)47(45)71)59-53-63-49(55)61-51(65-53)57-29-9-7-25(37(19-29)99(79,80)81)5-6-26-8-10-30(20-38(26)100(82,83)84)58-52-62-50(56)64-54(66-52)60-36-22-32(98(76,77)78)16-28-18-42(104(94,95)96)46(48(72)44(28)36)70-68-34-12-4-24(2)14-40(34)102(88,89)90/h3-22,71-72H,1-2H3,(H,73,74,75)(H,76,77,78)(H,79,80,81)(H,82,83,84)(H,85,86,87)(H,88,89,90)(H,91,92,93)(H,94,95,96)(H2,57,59,61,63,65)(H2,58,60,62,64,66)/b6-5+,69-67?,70-68?. The molecule has 10 rings (SSSR count). The zero-order valence-electron chi connectivity index (χ0n) is 51.0. The highest BCUT2D eigenvalue weighted by Gasteiger charge is 2.30. The first-order valence-electron chi connectivity index (χ1n) is 27.4. The van der Waals surface area contributed by atoms with E-state index in [0.29, 0.717) is 47.5 Å². The predicted molar refractivity (Wildman–Crippen MR) is 365 cm³/mol. The summed E-state index contributed by atoms with van der Waals surface area (Å²) in [6.07, 6.45) is 1.94. The van der Waals surface area contributed by atoms with E-state index in [-0.39, 0.29) is 22.5 Å². The van der Waals surface area contributed by atoms with Gasteiger partial charge in [-0.1, -0.05) is 36.4 Å². The first-order valence-corrected chi connectivity index (χ1v) is 39.7. The van der Waals surface area contributed by atoms with E-state index in [9.17, 15) is 114 Å². The van der Waals surface area contributed by atoms with Crippen LogP contribution in [-0.4, -0.2) is 144 Å². The van der Waals surface area contributed by atoms with Crippen LogP contribution < -0.4 is 21.3 Å². The van der Waals surface area contributed by atoms with E-state index >= 15 is 0 Å². The smallest absolute Gasteiger partial charge is 0.296 e. The summed E-state index contributed by atoms with van der Waals surface area (Å²) in [6, 6.07) is 16.5. The van der Waals surface area contributed by atoms with Crippen molar-refractivity contribution >= 4 is 207 Å². The molecule has 0 saturated carbocycles. The summed E-state index contributed by atoms with van der Waals surface area (Å²) >= 11 is 12.5. The number of phenols is 2. The lowest BCUT2D eigenvalue weighted by Crippen LogP contribution is -2.07. The molecule has 0 amide bonds. The molecule has 40 nitrogen and oxygen atoms in total. The molecule has 0 unspecified atom stereocenters. The Kier molecular flexibility index (Phi) is 20.5. The molecule has 10 aromatic rings. The van der Waals surface area contributed by atoms with Gasteiger partial charge in [-0.05, 0) is 155 Å². The number of nitrogens with one attached hydrogen (secondary N) is 4. The van der Waals surface area contributed by atoms with Gasteiger partial charge in [0.25, 0.3) is 80.9 Å². The monoisotopic (exact) mass is 1630 g/mol. The van der Waals surface area contributed by atoms with E-state index in [0.717, 1.165) is 72.8 Å². The summed E-state index contributed by atoms with van der Waals surface area (Å²) in [7, 11) is -41.9. The molecule has 0 aliphatic carbocycles. The van der Waals surface area contributed by atoms with Gasteiger partial charge in [0.2, 0.25) is 34.4 Å². The first-order chi connectivity index (χ1) is 48.0. The largest absolute Gasteiger partial charge is 0.505 e. The second kappa shape index (κ2) is 27.8. The maximum Gasteiger partial charge on any atom is 0.296 e. The molecule has 2 heterocycles. The molecule has 0 aliphatic heterocycles. The van der Waals surface area contributed by atoms with Gasteiger partial charge in [0.15, 0.2) is 11.5 Å². The highest BCUT2D eigenvalue weighted by atomic mass is 35.5. The van der Waals surface area contributed by atoms with Gasteiger partial charge in [0.1, 0.15) is 52.1 Å². The fourth-order valence-corrected chi connectivity index (χ4v) is 15.1. The number of hydrogen-bond acceptors (Lipinski definition) is 32. The summed E-state index contributed by atoms with van der Waals surface area (Å²) in [5, 5.41) is 44.5.